The number of aryl methyl sites for hydroxylation is 1. The zero-order valence-electron chi connectivity index (χ0n) is 17.3. The minimum atomic E-state index is -3.43. The zero-order valence-corrected chi connectivity index (χ0v) is 18.1. The molecule has 0 spiro atoms. The first-order valence-corrected chi connectivity index (χ1v) is 11.1. The molecule has 0 unspecified atom stereocenters. The molecule has 7 nitrogen and oxygen atoms in total. The van der Waals surface area contributed by atoms with Crippen LogP contribution in [0, 0.1) is 6.92 Å². The Morgan fingerprint density at radius 3 is 2.38 bits per heavy atom. The van der Waals surface area contributed by atoms with Crippen molar-refractivity contribution in [1.82, 2.24) is 5.32 Å². The number of nitrogens with one attached hydrogen (secondary N) is 1. The molecule has 0 fully saturated rings. The number of methoxy groups -OCH3 is 2. The van der Waals surface area contributed by atoms with Crippen molar-refractivity contribution < 1.29 is 22.7 Å². The molecule has 0 bridgehead atoms. The molecule has 2 aromatic rings. The summed E-state index contributed by atoms with van der Waals surface area (Å²) in [5.41, 5.74) is 2.39. The largest absolute Gasteiger partial charge is 0.493 e. The molecule has 29 heavy (non-hydrogen) atoms. The fraction of sp³-hybridized carbons (Fsp3) is 0.381. The molecule has 0 saturated carbocycles. The van der Waals surface area contributed by atoms with Gasteiger partial charge < -0.3 is 14.8 Å². The fourth-order valence-electron chi connectivity index (χ4n) is 2.97. The van der Waals surface area contributed by atoms with E-state index in [0.717, 1.165) is 11.1 Å². The summed E-state index contributed by atoms with van der Waals surface area (Å²) in [6.07, 6.45) is 1.82. The van der Waals surface area contributed by atoms with Crippen LogP contribution < -0.4 is 19.1 Å². The van der Waals surface area contributed by atoms with E-state index in [1.165, 1.54) is 10.6 Å². The minimum absolute atomic E-state index is 0.141. The van der Waals surface area contributed by atoms with Gasteiger partial charge in [0.05, 0.1) is 26.2 Å². The first kappa shape index (κ1) is 22.5. The SMILES string of the molecule is COc1ccc(CNC(=O)CCCN(c2ccccc2C)S(C)(=O)=O)cc1OC. The topological polar surface area (TPSA) is 84.9 Å². The first-order valence-electron chi connectivity index (χ1n) is 9.27. The van der Waals surface area contributed by atoms with E-state index in [0.29, 0.717) is 30.2 Å². The van der Waals surface area contributed by atoms with Crippen LogP contribution in [-0.4, -0.2) is 41.3 Å². The van der Waals surface area contributed by atoms with Crippen LogP contribution in [0.25, 0.3) is 0 Å². The van der Waals surface area contributed by atoms with E-state index in [9.17, 15) is 13.2 Å². The van der Waals surface area contributed by atoms with Gasteiger partial charge in [-0.2, -0.15) is 0 Å². The van der Waals surface area contributed by atoms with E-state index < -0.39 is 10.0 Å². The van der Waals surface area contributed by atoms with Crippen LogP contribution in [0.5, 0.6) is 11.5 Å². The molecule has 0 aliphatic carbocycles. The number of hydrogen-bond donors (Lipinski definition) is 1. The number of para-hydroxylation sites is 1. The molecule has 1 N–H and O–H groups in total. The van der Waals surface area contributed by atoms with Crippen molar-refractivity contribution in [1.29, 1.82) is 0 Å². The molecule has 158 valence electrons. The number of nitrogens with zero attached hydrogens (tertiary/aromatic N) is 1. The lowest BCUT2D eigenvalue weighted by atomic mass is 10.2. The third-order valence-electron chi connectivity index (χ3n) is 4.49. The maximum absolute atomic E-state index is 12.2. The van der Waals surface area contributed by atoms with Crippen molar-refractivity contribution in [3.8, 4) is 11.5 Å². The number of carbonyl (C=O) groups is 1. The van der Waals surface area contributed by atoms with Crippen LogP contribution in [0.2, 0.25) is 0 Å². The van der Waals surface area contributed by atoms with Gasteiger partial charge in [-0.1, -0.05) is 24.3 Å². The lowest BCUT2D eigenvalue weighted by Gasteiger charge is -2.24. The first-order chi connectivity index (χ1) is 13.8. The summed E-state index contributed by atoms with van der Waals surface area (Å²) in [5.74, 6) is 1.08. The van der Waals surface area contributed by atoms with Crippen molar-refractivity contribution in [2.24, 2.45) is 0 Å². The van der Waals surface area contributed by atoms with Gasteiger partial charge in [0.25, 0.3) is 0 Å². The highest BCUT2D eigenvalue weighted by Gasteiger charge is 2.19. The highest BCUT2D eigenvalue weighted by molar-refractivity contribution is 7.92. The fourth-order valence-corrected chi connectivity index (χ4v) is 3.99. The van der Waals surface area contributed by atoms with Crippen LogP contribution in [-0.2, 0) is 21.4 Å². The van der Waals surface area contributed by atoms with E-state index in [1.807, 2.05) is 31.2 Å². The zero-order chi connectivity index (χ0) is 21.4. The monoisotopic (exact) mass is 420 g/mol. The van der Waals surface area contributed by atoms with E-state index in [2.05, 4.69) is 5.32 Å². The van der Waals surface area contributed by atoms with Crippen molar-refractivity contribution in [3.05, 3.63) is 53.6 Å². The third-order valence-corrected chi connectivity index (χ3v) is 5.67. The lowest BCUT2D eigenvalue weighted by molar-refractivity contribution is -0.121. The second-order valence-electron chi connectivity index (χ2n) is 6.69. The highest BCUT2D eigenvalue weighted by Crippen LogP contribution is 2.27. The average Bonchev–Trinajstić information content (AvgIpc) is 2.69. The number of amides is 1. The molecular formula is C21H28N2O5S. The van der Waals surface area contributed by atoms with Crippen LogP contribution in [0.4, 0.5) is 5.69 Å². The minimum Gasteiger partial charge on any atom is -0.493 e. The maximum Gasteiger partial charge on any atom is 0.232 e. The number of rotatable bonds is 10. The Morgan fingerprint density at radius 2 is 1.76 bits per heavy atom. The van der Waals surface area contributed by atoms with Gasteiger partial charge in [0.15, 0.2) is 11.5 Å². The van der Waals surface area contributed by atoms with E-state index in [1.54, 1.807) is 32.4 Å². The lowest BCUT2D eigenvalue weighted by Crippen LogP contribution is -2.32. The predicted octanol–water partition coefficient (Wildman–Crippen LogP) is 2.87. The van der Waals surface area contributed by atoms with Gasteiger partial charge in [-0.15, -0.1) is 0 Å². The summed E-state index contributed by atoms with van der Waals surface area (Å²) in [5, 5.41) is 2.85. The molecule has 0 radical (unpaired) electrons. The van der Waals surface area contributed by atoms with E-state index >= 15 is 0 Å². The highest BCUT2D eigenvalue weighted by atomic mass is 32.2. The Morgan fingerprint density at radius 1 is 1.07 bits per heavy atom. The van der Waals surface area contributed by atoms with Crippen molar-refractivity contribution >= 4 is 21.6 Å². The molecule has 0 heterocycles. The predicted molar refractivity (Wildman–Crippen MR) is 114 cm³/mol. The molecule has 0 saturated heterocycles. The Bertz CT molecular complexity index is 944. The molecule has 0 atom stereocenters. The number of sulfonamides is 1. The number of ether oxygens (including phenoxy) is 2. The third kappa shape index (κ3) is 6.39. The van der Waals surface area contributed by atoms with E-state index in [-0.39, 0.29) is 18.9 Å². The summed E-state index contributed by atoms with van der Waals surface area (Å²) in [7, 11) is -0.309. The number of benzene rings is 2. The number of hydrogen-bond acceptors (Lipinski definition) is 5. The molecule has 2 aromatic carbocycles. The normalized spacial score (nSPS) is 11.0. The second-order valence-corrected chi connectivity index (χ2v) is 8.60. The Labute approximate surface area is 172 Å². The Kier molecular flexibility index (Phi) is 7.90. The van der Waals surface area contributed by atoms with Gasteiger partial charge in [0.1, 0.15) is 0 Å². The second kappa shape index (κ2) is 10.2. The van der Waals surface area contributed by atoms with Crippen molar-refractivity contribution in [2.45, 2.75) is 26.3 Å². The number of carbonyl (C=O) groups excluding carboxylic acids is 1. The summed E-state index contributed by atoms with van der Waals surface area (Å²) < 4.78 is 36.2. The molecule has 2 rings (SSSR count). The quantitative estimate of drug-likeness (QED) is 0.639. The van der Waals surface area contributed by atoms with Gasteiger partial charge in [-0.05, 0) is 42.7 Å². The van der Waals surface area contributed by atoms with Crippen molar-refractivity contribution in [2.75, 3.05) is 31.3 Å². The molecule has 0 aromatic heterocycles. The van der Waals surface area contributed by atoms with Crippen LogP contribution in [0.3, 0.4) is 0 Å². The molecule has 8 heteroatoms. The maximum atomic E-state index is 12.2. The van der Waals surface area contributed by atoms with Gasteiger partial charge in [0, 0.05) is 19.5 Å². The van der Waals surface area contributed by atoms with Gasteiger partial charge in [-0.25, -0.2) is 8.42 Å². The molecule has 0 aliphatic heterocycles. The molecular weight excluding hydrogens is 392 g/mol. The number of anilines is 1. The molecule has 1 amide bonds. The van der Waals surface area contributed by atoms with Crippen LogP contribution in [0.15, 0.2) is 42.5 Å². The standard InChI is InChI=1S/C21H28N2O5S/c1-16-8-5-6-9-18(16)23(29(4,25)26)13-7-10-21(24)22-15-17-11-12-19(27-2)20(14-17)28-3/h5-6,8-9,11-12,14H,7,10,13,15H2,1-4H3,(H,22,24). The molecule has 0 aliphatic rings. The van der Waals surface area contributed by atoms with Gasteiger partial charge in [0.2, 0.25) is 15.9 Å². The summed E-state index contributed by atoms with van der Waals surface area (Å²) in [6.45, 7) is 2.46. The van der Waals surface area contributed by atoms with Gasteiger partial charge in [-0.3, -0.25) is 9.10 Å². The Balaban J connectivity index is 1.91. The van der Waals surface area contributed by atoms with Crippen molar-refractivity contribution in [3.63, 3.8) is 0 Å². The summed E-state index contributed by atoms with van der Waals surface area (Å²) in [6, 6.07) is 12.7. The van der Waals surface area contributed by atoms with Crippen LogP contribution in [0.1, 0.15) is 24.0 Å². The average molecular weight is 421 g/mol. The summed E-state index contributed by atoms with van der Waals surface area (Å²) in [4.78, 5) is 12.2. The van der Waals surface area contributed by atoms with Crippen LogP contribution >= 0.6 is 0 Å². The summed E-state index contributed by atoms with van der Waals surface area (Å²) >= 11 is 0. The van der Waals surface area contributed by atoms with E-state index in [4.69, 9.17) is 9.47 Å². The van der Waals surface area contributed by atoms with Gasteiger partial charge >= 0.3 is 0 Å². The smallest absolute Gasteiger partial charge is 0.232 e. The Hall–Kier alpha value is -2.74.